The number of ether oxygens (including phenoxy) is 2. The lowest BCUT2D eigenvalue weighted by Crippen LogP contribution is -2.37. The van der Waals surface area contributed by atoms with E-state index in [2.05, 4.69) is 4.72 Å². The van der Waals surface area contributed by atoms with Crippen molar-refractivity contribution in [2.75, 3.05) is 31.2 Å². The second-order valence-electron chi connectivity index (χ2n) is 5.07. The predicted octanol–water partition coefficient (Wildman–Crippen LogP) is 1.14. The summed E-state index contributed by atoms with van der Waals surface area (Å²) in [4.78, 5) is 0. The van der Waals surface area contributed by atoms with E-state index in [0.717, 1.165) is 19.3 Å². The van der Waals surface area contributed by atoms with E-state index in [4.69, 9.17) is 15.2 Å². The van der Waals surface area contributed by atoms with Crippen LogP contribution in [0, 0.1) is 0 Å². The highest BCUT2D eigenvalue weighted by Gasteiger charge is 2.17. The molecule has 3 N–H and O–H groups in total. The average Bonchev–Trinajstić information content (AvgIpc) is 2.48. The zero-order chi connectivity index (χ0) is 15.1. The lowest BCUT2D eigenvalue weighted by atomic mass is 10.1. The fourth-order valence-electron chi connectivity index (χ4n) is 2.09. The van der Waals surface area contributed by atoms with Gasteiger partial charge in [0.05, 0.1) is 11.9 Å². The second-order valence-corrected chi connectivity index (χ2v) is 7.00. The first-order valence-electron chi connectivity index (χ1n) is 7.12. The van der Waals surface area contributed by atoms with E-state index in [0.29, 0.717) is 24.6 Å². The van der Waals surface area contributed by atoms with Crippen LogP contribution >= 0.6 is 0 Å². The zero-order valence-corrected chi connectivity index (χ0v) is 12.8. The van der Waals surface area contributed by atoms with Crippen molar-refractivity contribution in [3.63, 3.8) is 0 Å². The summed E-state index contributed by atoms with van der Waals surface area (Å²) in [6, 6.07) is 6.85. The topological polar surface area (TPSA) is 90.7 Å². The molecule has 0 aromatic heterocycles. The quantitative estimate of drug-likeness (QED) is 0.736. The molecular formula is C14H22N2O4S. The average molecular weight is 314 g/mol. The van der Waals surface area contributed by atoms with Crippen LogP contribution in [0.2, 0.25) is 0 Å². The van der Waals surface area contributed by atoms with Gasteiger partial charge in [-0.3, -0.25) is 0 Å². The van der Waals surface area contributed by atoms with Gasteiger partial charge in [-0.05, 0) is 43.5 Å². The summed E-state index contributed by atoms with van der Waals surface area (Å²) in [5.74, 6) is 0.527. The smallest absolute Gasteiger partial charge is 0.215 e. The van der Waals surface area contributed by atoms with Gasteiger partial charge in [0.2, 0.25) is 10.0 Å². The molecule has 1 aliphatic rings. The van der Waals surface area contributed by atoms with Gasteiger partial charge in [0, 0.05) is 18.8 Å². The van der Waals surface area contributed by atoms with Crippen molar-refractivity contribution in [3.8, 4) is 5.75 Å². The van der Waals surface area contributed by atoms with Crippen LogP contribution in [0.1, 0.15) is 19.3 Å². The van der Waals surface area contributed by atoms with E-state index in [-0.39, 0.29) is 18.5 Å². The van der Waals surface area contributed by atoms with Crippen LogP contribution in [0.4, 0.5) is 5.69 Å². The lowest BCUT2D eigenvalue weighted by molar-refractivity contribution is 0.0200. The zero-order valence-electron chi connectivity index (χ0n) is 12.0. The van der Waals surface area contributed by atoms with Crippen molar-refractivity contribution >= 4 is 15.7 Å². The minimum Gasteiger partial charge on any atom is -0.492 e. The van der Waals surface area contributed by atoms with E-state index in [1.807, 2.05) is 0 Å². The number of rotatable bonds is 7. The van der Waals surface area contributed by atoms with Crippen LogP contribution in [0.5, 0.6) is 5.75 Å². The Hall–Kier alpha value is -1.31. The monoisotopic (exact) mass is 314 g/mol. The summed E-state index contributed by atoms with van der Waals surface area (Å²) in [6.45, 7) is 1.15. The van der Waals surface area contributed by atoms with E-state index in [9.17, 15) is 8.42 Å². The third-order valence-corrected chi connectivity index (χ3v) is 4.62. The van der Waals surface area contributed by atoms with Crippen molar-refractivity contribution in [2.24, 2.45) is 0 Å². The summed E-state index contributed by atoms with van der Waals surface area (Å²) >= 11 is 0. The molecule has 0 amide bonds. The number of hydrogen-bond acceptors (Lipinski definition) is 5. The Kier molecular flexibility index (Phi) is 5.84. The van der Waals surface area contributed by atoms with Gasteiger partial charge in [-0.15, -0.1) is 0 Å². The fraction of sp³-hybridized carbons (Fsp3) is 0.571. The Morgan fingerprint density at radius 3 is 2.71 bits per heavy atom. The number of sulfonamides is 1. The Labute approximate surface area is 125 Å². The van der Waals surface area contributed by atoms with Gasteiger partial charge < -0.3 is 15.2 Å². The van der Waals surface area contributed by atoms with E-state index in [1.54, 1.807) is 24.3 Å². The van der Waals surface area contributed by atoms with Gasteiger partial charge in [0.25, 0.3) is 0 Å². The van der Waals surface area contributed by atoms with Crippen LogP contribution in [0.15, 0.2) is 24.3 Å². The highest BCUT2D eigenvalue weighted by Crippen LogP contribution is 2.13. The highest BCUT2D eigenvalue weighted by atomic mass is 32.2. The first-order chi connectivity index (χ1) is 10.1. The largest absolute Gasteiger partial charge is 0.492 e. The van der Waals surface area contributed by atoms with Crippen LogP contribution in [-0.4, -0.2) is 40.0 Å². The van der Waals surface area contributed by atoms with Gasteiger partial charge in [-0.2, -0.15) is 0 Å². The van der Waals surface area contributed by atoms with Crippen LogP contribution < -0.4 is 15.2 Å². The third kappa shape index (κ3) is 5.91. The summed E-state index contributed by atoms with van der Waals surface area (Å²) in [7, 11) is -3.34. The molecule has 0 bridgehead atoms. The number of benzene rings is 1. The van der Waals surface area contributed by atoms with Gasteiger partial charge in [0.1, 0.15) is 12.4 Å². The van der Waals surface area contributed by atoms with Crippen molar-refractivity contribution in [3.05, 3.63) is 24.3 Å². The van der Waals surface area contributed by atoms with Crippen molar-refractivity contribution in [1.82, 2.24) is 4.72 Å². The molecule has 0 spiro atoms. The minimum atomic E-state index is -3.34. The Balaban J connectivity index is 1.69. The molecule has 1 aromatic carbocycles. The fourth-order valence-corrected chi connectivity index (χ4v) is 2.98. The Morgan fingerprint density at radius 1 is 1.29 bits per heavy atom. The molecule has 1 saturated heterocycles. The molecule has 1 heterocycles. The molecule has 1 atom stereocenters. The molecule has 21 heavy (non-hydrogen) atoms. The van der Waals surface area contributed by atoms with E-state index < -0.39 is 10.0 Å². The molecule has 0 aliphatic carbocycles. The lowest BCUT2D eigenvalue weighted by Gasteiger charge is -2.22. The van der Waals surface area contributed by atoms with Crippen molar-refractivity contribution in [1.29, 1.82) is 0 Å². The summed E-state index contributed by atoms with van der Waals surface area (Å²) in [5.41, 5.74) is 6.20. The maximum atomic E-state index is 11.9. The number of nitrogens with one attached hydrogen (secondary N) is 1. The van der Waals surface area contributed by atoms with E-state index >= 15 is 0 Å². The standard InChI is InChI=1S/C14H22N2O4S/c15-12-4-6-13(7-5-12)20-9-10-21(17,18)16-11-14-3-1-2-8-19-14/h4-7,14,16H,1-3,8-11,15H2. The first kappa shape index (κ1) is 16.1. The molecule has 1 fully saturated rings. The van der Waals surface area contributed by atoms with Crippen LogP contribution in [-0.2, 0) is 14.8 Å². The summed E-state index contributed by atoms with van der Waals surface area (Å²) in [5, 5.41) is 0. The normalized spacial score (nSPS) is 19.3. The number of anilines is 1. The Bertz CT molecular complexity index is 524. The molecule has 1 unspecified atom stereocenters. The molecule has 118 valence electrons. The van der Waals surface area contributed by atoms with Gasteiger partial charge in [0.15, 0.2) is 0 Å². The molecule has 1 aromatic rings. The summed E-state index contributed by atoms with van der Waals surface area (Å²) in [6.07, 6.45) is 3.04. The van der Waals surface area contributed by atoms with E-state index in [1.165, 1.54) is 0 Å². The maximum Gasteiger partial charge on any atom is 0.215 e. The maximum absolute atomic E-state index is 11.9. The van der Waals surface area contributed by atoms with Gasteiger partial charge in [-0.1, -0.05) is 0 Å². The van der Waals surface area contributed by atoms with Gasteiger partial charge in [-0.25, -0.2) is 13.1 Å². The first-order valence-corrected chi connectivity index (χ1v) is 8.78. The third-order valence-electron chi connectivity index (χ3n) is 3.31. The van der Waals surface area contributed by atoms with Crippen molar-refractivity contribution in [2.45, 2.75) is 25.4 Å². The van der Waals surface area contributed by atoms with Crippen LogP contribution in [0.3, 0.4) is 0 Å². The second kappa shape index (κ2) is 7.63. The number of nitrogen functional groups attached to an aromatic ring is 1. The molecule has 0 saturated carbocycles. The van der Waals surface area contributed by atoms with Crippen molar-refractivity contribution < 1.29 is 17.9 Å². The molecular weight excluding hydrogens is 292 g/mol. The molecule has 1 aliphatic heterocycles. The molecule has 0 radical (unpaired) electrons. The predicted molar refractivity (Wildman–Crippen MR) is 81.7 cm³/mol. The molecule has 7 heteroatoms. The number of nitrogens with two attached hydrogens (primary N) is 1. The molecule has 6 nitrogen and oxygen atoms in total. The molecule has 2 rings (SSSR count). The number of hydrogen-bond donors (Lipinski definition) is 2. The van der Waals surface area contributed by atoms with Gasteiger partial charge >= 0.3 is 0 Å². The SMILES string of the molecule is Nc1ccc(OCCS(=O)(=O)NCC2CCCCO2)cc1. The summed E-state index contributed by atoms with van der Waals surface area (Å²) < 4.78 is 37.1. The highest BCUT2D eigenvalue weighted by molar-refractivity contribution is 7.89. The minimum absolute atomic E-state index is 0.00783. The van der Waals surface area contributed by atoms with Crippen LogP contribution in [0.25, 0.3) is 0 Å². The Morgan fingerprint density at radius 2 is 2.05 bits per heavy atom.